The van der Waals surface area contributed by atoms with Gasteiger partial charge in [0.15, 0.2) is 5.78 Å². The molecule has 0 unspecified atom stereocenters. The van der Waals surface area contributed by atoms with E-state index < -0.39 is 5.92 Å². The second kappa shape index (κ2) is 8.50. The van der Waals surface area contributed by atoms with Crippen LogP contribution in [0.2, 0.25) is 0 Å². The Labute approximate surface area is 136 Å². The van der Waals surface area contributed by atoms with Crippen LogP contribution in [0.25, 0.3) is 0 Å². The number of hydrogen-bond acceptors (Lipinski definition) is 2. The van der Waals surface area contributed by atoms with E-state index in [-0.39, 0.29) is 18.0 Å². The molecule has 2 rings (SSSR count). The van der Waals surface area contributed by atoms with Gasteiger partial charge in [0.2, 0.25) is 5.78 Å². The molecule has 22 heavy (non-hydrogen) atoms. The molecule has 0 amide bonds. The Bertz CT molecular complexity index is 568. The minimum Gasteiger partial charge on any atom is -0.291 e. The summed E-state index contributed by atoms with van der Waals surface area (Å²) < 4.78 is 0. The van der Waals surface area contributed by atoms with E-state index in [1.807, 2.05) is 60.7 Å². The van der Waals surface area contributed by atoms with Crippen LogP contribution in [0.15, 0.2) is 60.7 Å². The van der Waals surface area contributed by atoms with Crippen molar-refractivity contribution in [3.05, 3.63) is 71.8 Å². The van der Waals surface area contributed by atoms with Crippen LogP contribution in [0.5, 0.6) is 0 Å². The molecule has 0 fully saturated rings. The maximum absolute atomic E-state index is 12.7. The van der Waals surface area contributed by atoms with Gasteiger partial charge in [0, 0.05) is 12.3 Å². The fourth-order valence-electron chi connectivity index (χ4n) is 2.45. The zero-order chi connectivity index (χ0) is 15.8. The largest absolute Gasteiger partial charge is 0.291 e. The summed E-state index contributed by atoms with van der Waals surface area (Å²) in [6, 6.07) is 18.9. The van der Waals surface area contributed by atoms with E-state index in [1.165, 1.54) is 0 Å². The summed E-state index contributed by atoms with van der Waals surface area (Å²) in [5.41, 5.74) is 1.70. The van der Waals surface area contributed by atoms with Gasteiger partial charge in [0.05, 0.1) is 5.92 Å². The number of ketones is 2. The van der Waals surface area contributed by atoms with Crippen molar-refractivity contribution in [1.82, 2.24) is 0 Å². The first-order valence-electron chi connectivity index (χ1n) is 7.47. The number of Topliss-reactive ketones (excluding diaryl/α,β-unsaturated/α-hetero) is 2. The van der Waals surface area contributed by atoms with E-state index in [4.69, 9.17) is 11.6 Å². The summed E-state index contributed by atoms with van der Waals surface area (Å²) in [6.45, 7) is 0. The summed E-state index contributed by atoms with van der Waals surface area (Å²) in [5.74, 6) is -0.664. The smallest absolute Gasteiger partial charge is 0.210 e. The second-order valence-corrected chi connectivity index (χ2v) is 5.57. The fourth-order valence-corrected chi connectivity index (χ4v) is 2.64. The molecule has 2 nitrogen and oxygen atoms in total. The third-order valence-corrected chi connectivity index (χ3v) is 3.86. The van der Waals surface area contributed by atoms with Gasteiger partial charge in [0.25, 0.3) is 0 Å². The lowest BCUT2D eigenvalue weighted by molar-refractivity contribution is -0.137. The van der Waals surface area contributed by atoms with Crippen molar-refractivity contribution in [2.24, 2.45) is 0 Å². The summed E-state index contributed by atoms with van der Waals surface area (Å²) in [6.07, 6.45) is 1.67. The average molecular weight is 315 g/mol. The highest BCUT2D eigenvalue weighted by Crippen LogP contribution is 2.26. The number of unbranched alkanes of at least 4 members (excludes halogenated alkanes) is 1. The summed E-state index contributed by atoms with van der Waals surface area (Å²) in [5, 5.41) is 0. The molecule has 2 aromatic rings. The molecule has 0 spiro atoms. The number of benzene rings is 2. The number of alkyl halides is 1. The maximum atomic E-state index is 12.7. The molecule has 0 radical (unpaired) electrons. The molecule has 0 aliphatic heterocycles. The van der Waals surface area contributed by atoms with Crippen molar-refractivity contribution in [1.29, 1.82) is 0 Å². The van der Waals surface area contributed by atoms with Crippen LogP contribution in [0.1, 0.15) is 36.3 Å². The van der Waals surface area contributed by atoms with Crippen molar-refractivity contribution in [2.75, 3.05) is 5.88 Å². The number of rotatable bonds is 8. The Balaban J connectivity index is 2.25. The zero-order valence-electron chi connectivity index (χ0n) is 12.4. The molecule has 0 aromatic heterocycles. The first-order valence-corrected chi connectivity index (χ1v) is 8.00. The Morgan fingerprint density at radius 2 is 1.32 bits per heavy atom. The molecule has 0 saturated heterocycles. The van der Waals surface area contributed by atoms with E-state index in [9.17, 15) is 9.59 Å². The summed E-state index contributed by atoms with van der Waals surface area (Å²) in [4.78, 5) is 24.9. The normalized spacial score (nSPS) is 10.6. The van der Waals surface area contributed by atoms with Crippen molar-refractivity contribution < 1.29 is 9.59 Å². The van der Waals surface area contributed by atoms with E-state index in [2.05, 4.69) is 0 Å². The zero-order valence-corrected chi connectivity index (χ0v) is 13.1. The van der Waals surface area contributed by atoms with Crippen LogP contribution in [0.4, 0.5) is 0 Å². The van der Waals surface area contributed by atoms with Gasteiger partial charge in [-0.1, -0.05) is 60.7 Å². The summed E-state index contributed by atoms with van der Waals surface area (Å²) >= 11 is 5.62. The van der Waals surface area contributed by atoms with Crippen LogP contribution < -0.4 is 0 Å². The lowest BCUT2D eigenvalue weighted by Gasteiger charge is -2.16. The molecule has 0 heterocycles. The van der Waals surface area contributed by atoms with Gasteiger partial charge in [-0.2, -0.15) is 0 Å². The van der Waals surface area contributed by atoms with Gasteiger partial charge >= 0.3 is 0 Å². The Morgan fingerprint density at radius 1 is 0.818 bits per heavy atom. The van der Waals surface area contributed by atoms with Crippen LogP contribution in [-0.2, 0) is 9.59 Å². The number of halogens is 1. The van der Waals surface area contributed by atoms with Gasteiger partial charge in [-0.15, -0.1) is 11.6 Å². The van der Waals surface area contributed by atoms with Crippen LogP contribution >= 0.6 is 11.6 Å². The number of hydrogen-bond donors (Lipinski definition) is 0. The van der Waals surface area contributed by atoms with E-state index in [0.29, 0.717) is 12.3 Å². The monoisotopic (exact) mass is 314 g/mol. The van der Waals surface area contributed by atoms with Crippen molar-refractivity contribution in [2.45, 2.75) is 25.2 Å². The third-order valence-electron chi connectivity index (χ3n) is 3.59. The molecule has 0 aliphatic carbocycles. The Kier molecular flexibility index (Phi) is 6.35. The topological polar surface area (TPSA) is 34.1 Å². The minimum absolute atomic E-state index is 0.266. The predicted molar refractivity (Wildman–Crippen MR) is 89.3 cm³/mol. The number of carbonyl (C=O) groups excluding carboxylic acids is 2. The first kappa shape index (κ1) is 16.4. The molecular weight excluding hydrogens is 296 g/mol. The highest BCUT2D eigenvalue weighted by molar-refractivity contribution is 6.39. The Morgan fingerprint density at radius 3 is 1.77 bits per heavy atom. The second-order valence-electron chi connectivity index (χ2n) is 5.19. The molecule has 0 bridgehead atoms. The fraction of sp³-hybridized carbons (Fsp3) is 0.263. The van der Waals surface area contributed by atoms with Crippen LogP contribution in [0, 0.1) is 0 Å². The van der Waals surface area contributed by atoms with Crippen molar-refractivity contribution in [3.8, 4) is 0 Å². The minimum atomic E-state index is -0.522. The van der Waals surface area contributed by atoms with E-state index >= 15 is 0 Å². The molecule has 2 aromatic carbocycles. The van der Waals surface area contributed by atoms with Crippen LogP contribution in [-0.4, -0.2) is 17.4 Å². The molecule has 0 saturated carbocycles. The van der Waals surface area contributed by atoms with Gasteiger partial charge in [-0.3, -0.25) is 9.59 Å². The Hall–Kier alpha value is -1.93. The van der Waals surface area contributed by atoms with E-state index in [0.717, 1.165) is 17.5 Å². The quantitative estimate of drug-likeness (QED) is 0.412. The molecule has 114 valence electrons. The van der Waals surface area contributed by atoms with Crippen molar-refractivity contribution in [3.63, 3.8) is 0 Å². The van der Waals surface area contributed by atoms with Gasteiger partial charge in [0.1, 0.15) is 0 Å². The lowest BCUT2D eigenvalue weighted by atomic mass is 9.85. The molecule has 0 N–H and O–H groups in total. The first-order chi connectivity index (χ1) is 10.7. The molecule has 0 aliphatic rings. The SMILES string of the molecule is O=C(CCCCCl)C(=O)C(c1ccccc1)c1ccccc1. The van der Waals surface area contributed by atoms with Gasteiger partial charge in [-0.25, -0.2) is 0 Å². The number of carbonyl (C=O) groups is 2. The van der Waals surface area contributed by atoms with Gasteiger partial charge < -0.3 is 0 Å². The maximum Gasteiger partial charge on any atom is 0.210 e. The lowest BCUT2D eigenvalue weighted by Crippen LogP contribution is -2.23. The average Bonchev–Trinajstić information content (AvgIpc) is 2.57. The van der Waals surface area contributed by atoms with E-state index in [1.54, 1.807) is 0 Å². The predicted octanol–water partition coefficient (Wildman–Crippen LogP) is 4.37. The molecule has 3 heteroatoms. The van der Waals surface area contributed by atoms with Gasteiger partial charge in [-0.05, 0) is 24.0 Å². The highest BCUT2D eigenvalue weighted by atomic mass is 35.5. The standard InChI is InChI=1S/C19H19ClO2/c20-14-8-7-13-17(21)19(22)18(15-9-3-1-4-10-15)16-11-5-2-6-12-16/h1-6,9-12,18H,7-8,13-14H2. The summed E-state index contributed by atoms with van der Waals surface area (Å²) in [7, 11) is 0. The highest BCUT2D eigenvalue weighted by Gasteiger charge is 2.27. The molecular formula is C19H19ClO2. The third kappa shape index (κ3) is 4.28. The van der Waals surface area contributed by atoms with Crippen molar-refractivity contribution >= 4 is 23.2 Å². The van der Waals surface area contributed by atoms with Crippen LogP contribution in [0.3, 0.4) is 0 Å². The molecule has 0 atom stereocenters.